The van der Waals surface area contributed by atoms with E-state index in [0.717, 1.165) is 18.9 Å². The second-order valence-corrected chi connectivity index (χ2v) is 9.11. The van der Waals surface area contributed by atoms with Crippen LogP contribution in [0, 0.1) is 5.82 Å². The zero-order valence-corrected chi connectivity index (χ0v) is 17.1. The fourth-order valence-corrected chi connectivity index (χ4v) is 5.76. The maximum Gasteiger partial charge on any atom is 0.246 e. The number of sulfonamides is 1. The molecule has 2 fully saturated rings. The van der Waals surface area contributed by atoms with Crippen LogP contribution in [0.3, 0.4) is 0 Å². The molecule has 0 spiro atoms. The smallest absolute Gasteiger partial charge is 0.246 e. The number of piperidine rings is 1. The summed E-state index contributed by atoms with van der Waals surface area (Å²) in [6.45, 7) is 3.40. The molecule has 1 aromatic rings. The highest BCUT2D eigenvalue weighted by Crippen LogP contribution is 2.31. The monoisotopic (exact) mass is 414 g/mol. The average Bonchev–Trinajstić information content (AvgIpc) is 2.69. The van der Waals surface area contributed by atoms with Gasteiger partial charge in [0.05, 0.1) is 7.11 Å². The number of carbonyl (C=O) groups is 1. The number of benzene rings is 1. The van der Waals surface area contributed by atoms with Crippen molar-refractivity contribution in [1.29, 1.82) is 0 Å². The highest BCUT2D eigenvalue weighted by molar-refractivity contribution is 7.89. The summed E-state index contributed by atoms with van der Waals surface area (Å²) in [7, 11) is -2.52. The van der Waals surface area contributed by atoms with Crippen molar-refractivity contribution >= 4 is 15.9 Å². The minimum atomic E-state index is -3.88. The Morgan fingerprint density at radius 2 is 1.79 bits per heavy atom. The second-order valence-electron chi connectivity index (χ2n) is 7.20. The maximum absolute atomic E-state index is 13.7. The van der Waals surface area contributed by atoms with Crippen molar-refractivity contribution < 1.29 is 27.1 Å². The van der Waals surface area contributed by atoms with Crippen molar-refractivity contribution in [3.8, 4) is 5.75 Å². The third-order valence-electron chi connectivity index (χ3n) is 5.51. The van der Waals surface area contributed by atoms with Crippen LogP contribution in [0.4, 0.5) is 4.39 Å². The molecule has 0 N–H and O–H groups in total. The molecule has 7 nitrogen and oxygen atoms in total. The summed E-state index contributed by atoms with van der Waals surface area (Å²) in [4.78, 5) is 14.0. The molecule has 0 atom stereocenters. The van der Waals surface area contributed by atoms with Crippen LogP contribution in [-0.4, -0.2) is 69.0 Å². The summed E-state index contributed by atoms with van der Waals surface area (Å²) in [6, 6.07) is 3.62. The Kier molecular flexibility index (Phi) is 6.57. The lowest BCUT2D eigenvalue weighted by molar-refractivity contribution is -0.137. The lowest BCUT2D eigenvalue weighted by Crippen LogP contribution is -2.53. The first-order valence-electron chi connectivity index (χ1n) is 9.55. The van der Waals surface area contributed by atoms with E-state index in [4.69, 9.17) is 9.47 Å². The van der Waals surface area contributed by atoms with Gasteiger partial charge >= 0.3 is 0 Å². The Morgan fingerprint density at radius 1 is 1.18 bits per heavy atom. The summed E-state index contributed by atoms with van der Waals surface area (Å²) in [5, 5.41) is 0. The molecule has 0 aromatic heterocycles. The van der Waals surface area contributed by atoms with Crippen molar-refractivity contribution in [3.05, 3.63) is 24.0 Å². The van der Waals surface area contributed by atoms with Crippen LogP contribution >= 0.6 is 0 Å². The molecule has 0 radical (unpaired) electrons. The minimum absolute atomic E-state index is 0.00135. The third kappa shape index (κ3) is 4.31. The molecule has 9 heteroatoms. The van der Waals surface area contributed by atoms with Crippen LogP contribution in [0.2, 0.25) is 0 Å². The zero-order valence-electron chi connectivity index (χ0n) is 16.3. The fraction of sp³-hybridized carbons (Fsp3) is 0.632. The number of hydrogen-bond acceptors (Lipinski definition) is 5. The van der Waals surface area contributed by atoms with Crippen LogP contribution in [0.5, 0.6) is 5.75 Å². The largest absolute Gasteiger partial charge is 0.495 e. The van der Waals surface area contributed by atoms with E-state index in [9.17, 15) is 17.6 Å². The summed E-state index contributed by atoms with van der Waals surface area (Å²) < 4.78 is 51.5. The highest BCUT2D eigenvalue weighted by Gasteiger charge is 2.36. The van der Waals surface area contributed by atoms with Gasteiger partial charge in [-0.25, -0.2) is 12.8 Å². The quantitative estimate of drug-likeness (QED) is 0.737. The van der Waals surface area contributed by atoms with Crippen molar-refractivity contribution in [2.24, 2.45) is 0 Å². The first kappa shape index (κ1) is 21.0. The second kappa shape index (κ2) is 8.75. The van der Waals surface area contributed by atoms with Crippen molar-refractivity contribution in [2.45, 2.75) is 49.6 Å². The summed E-state index contributed by atoms with van der Waals surface area (Å²) >= 11 is 0. The van der Waals surface area contributed by atoms with Gasteiger partial charge in [0, 0.05) is 45.3 Å². The lowest BCUT2D eigenvalue weighted by Gasteiger charge is -2.43. The number of ether oxygens (including phenoxy) is 2. The molecule has 1 amide bonds. The molecule has 2 saturated heterocycles. The van der Waals surface area contributed by atoms with Gasteiger partial charge in [0.15, 0.2) is 0 Å². The van der Waals surface area contributed by atoms with Gasteiger partial charge in [0.25, 0.3) is 0 Å². The van der Waals surface area contributed by atoms with E-state index in [1.165, 1.54) is 23.5 Å². The number of rotatable bonds is 5. The minimum Gasteiger partial charge on any atom is -0.495 e. The molecular weight excluding hydrogens is 387 g/mol. The Labute approximate surface area is 165 Å². The first-order valence-corrected chi connectivity index (χ1v) is 11.0. The van der Waals surface area contributed by atoms with E-state index < -0.39 is 15.8 Å². The van der Waals surface area contributed by atoms with Gasteiger partial charge in [-0.05, 0) is 43.9 Å². The number of halogens is 1. The molecule has 0 aliphatic carbocycles. The first-order chi connectivity index (χ1) is 13.3. The van der Waals surface area contributed by atoms with Crippen LogP contribution < -0.4 is 4.74 Å². The Morgan fingerprint density at radius 3 is 2.36 bits per heavy atom. The summed E-state index contributed by atoms with van der Waals surface area (Å²) in [5.74, 6) is -0.493. The SMILES string of the molecule is COc1ccc(F)cc1S(=O)(=O)N1CCC(N(C(C)=O)C2CCOCC2)CC1. The standard InChI is InChI=1S/C19H27FN2O5S/c1-14(23)22(17-7-11-27-12-8-17)16-5-9-21(10-6-16)28(24,25)19-13-15(20)3-4-18(19)26-2/h3-4,13,16-17H,5-12H2,1-2H3. The molecule has 0 bridgehead atoms. The number of amides is 1. The Bertz CT molecular complexity index is 803. The van der Waals surface area contributed by atoms with Crippen molar-refractivity contribution in [3.63, 3.8) is 0 Å². The van der Waals surface area contributed by atoms with Gasteiger partial charge in [0.2, 0.25) is 15.9 Å². The van der Waals surface area contributed by atoms with Crippen LogP contribution in [-0.2, 0) is 19.6 Å². The molecule has 3 rings (SSSR count). The predicted molar refractivity (Wildman–Crippen MR) is 101 cm³/mol. The number of hydrogen-bond donors (Lipinski definition) is 0. The van der Waals surface area contributed by atoms with E-state index >= 15 is 0 Å². The molecule has 1 aromatic carbocycles. The molecule has 0 unspecified atom stereocenters. The lowest BCUT2D eigenvalue weighted by atomic mass is 9.99. The number of carbonyl (C=O) groups excluding carboxylic acids is 1. The molecule has 0 saturated carbocycles. The van der Waals surface area contributed by atoms with Gasteiger partial charge in [-0.2, -0.15) is 4.31 Å². The normalized spacial score (nSPS) is 20.1. The van der Waals surface area contributed by atoms with Gasteiger partial charge in [0.1, 0.15) is 16.5 Å². The molecule has 2 aliphatic rings. The average molecular weight is 414 g/mol. The maximum atomic E-state index is 13.7. The van der Waals surface area contributed by atoms with Crippen LogP contribution in [0.15, 0.2) is 23.1 Å². The molecular formula is C19H27FN2O5S. The zero-order chi connectivity index (χ0) is 20.3. The Balaban J connectivity index is 1.73. The van der Waals surface area contributed by atoms with Gasteiger partial charge in [-0.1, -0.05) is 0 Å². The van der Waals surface area contributed by atoms with Gasteiger partial charge in [-0.15, -0.1) is 0 Å². The summed E-state index contributed by atoms with van der Waals surface area (Å²) in [6.07, 6.45) is 2.71. The Hall–Kier alpha value is -1.71. The predicted octanol–water partition coefficient (Wildman–Crippen LogP) is 2.01. The van der Waals surface area contributed by atoms with Crippen molar-refractivity contribution in [1.82, 2.24) is 9.21 Å². The van der Waals surface area contributed by atoms with E-state index in [1.54, 1.807) is 6.92 Å². The third-order valence-corrected chi connectivity index (χ3v) is 7.43. The topological polar surface area (TPSA) is 76.2 Å². The van der Waals surface area contributed by atoms with Crippen LogP contribution in [0.25, 0.3) is 0 Å². The van der Waals surface area contributed by atoms with E-state index in [1.807, 2.05) is 4.90 Å². The molecule has 28 heavy (non-hydrogen) atoms. The van der Waals surface area contributed by atoms with Gasteiger partial charge in [-0.3, -0.25) is 4.79 Å². The van der Waals surface area contributed by atoms with E-state index in [2.05, 4.69) is 0 Å². The van der Waals surface area contributed by atoms with E-state index in [-0.39, 0.29) is 41.7 Å². The van der Waals surface area contributed by atoms with E-state index in [0.29, 0.717) is 26.1 Å². The number of nitrogens with zero attached hydrogens (tertiary/aromatic N) is 2. The van der Waals surface area contributed by atoms with Crippen molar-refractivity contribution in [2.75, 3.05) is 33.4 Å². The molecule has 2 heterocycles. The molecule has 156 valence electrons. The number of methoxy groups -OCH3 is 1. The van der Waals surface area contributed by atoms with Crippen LogP contribution in [0.1, 0.15) is 32.6 Å². The van der Waals surface area contributed by atoms with Gasteiger partial charge < -0.3 is 14.4 Å². The molecule has 2 aliphatic heterocycles. The highest BCUT2D eigenvalue weighted by atomic mass is 32.2. The summed E-state index contributed by atoms with van der Waals surface area (Å²) in [5.41, 5.74) is 0. The fourth-order valence-electron chi connectivity index (χ4n) is 4.13.